The number of anilines is 1. The standard InChI is InChI=1S/C25H33ClN6O2S/c1-2-24(34)32-14-12-31(13-15-32)22-16-21(26)28-25(29-22)35-18-23(33)27-20-8-10-30(11-9-20)17-19-6-4-3-5-7-19/h3-7,16,20H,2,8-15,17-18H2,1H3,(H,27,33). The Hall–Kier alpha value is -2.36. The molecule has 2 aromatic rings. The van der Waals surface area contributed by atoms with E-state index in [1.165, 1.54) is 17.3 Å². The van der Waals surface area contributed by atoms with Crippen LogP contribution in [0.15, 0.2) is 41.6 Å². The summed E-state index contributed by atoms with van der Waals surface area (Å²) in [4.78, 5) is 39.8. The molecule has 10 heteroatoms. The first-order valence-corrected chi connectivity index (χ1v) is 13.6. The van der Waals surface area contributed by atoms with Gasteiger partial charge in [-0.25, -0.2) is 9.97 Å². The highest BCUT2D eigenvalue weighted by Gasteiger charge is 2.23. The number of likely N-dealkylation sites (tertiary alicyclic amines) is 1. The zero-order valence-corrected chi connectivity index (χ0v) is 21.7. The van der Waals surface area contributed by atoms with Crippen LogP contribution in [-0.4, -0.2) is 82.6 Å². The molecule has 1 N–H and O–H groups in total. The van der Waals surface area contributed by atoms with Gasteiger partial charge >= 0.3 is 0 Å². The lowest BCUT2D eigenvalue weighted by Gasteiger charge is -2.35. The summed E-state index contributed by atoms with van der Waals surface area (Å²) in [6.45, 7) is 7.53. The van der Waals surface area contributed by atoms with Gasteiger partial charge in [0, 0.05) is 64.3 Å². The maximum absolute atomic E-state index is 12.6. The minimum absolute atomic E-state index is 0.00618. The Bertz CT molecular complexity index is 995. The van der Waals surface area contributed by atoms with Gasteiger partial charge in [-0.2, -0.15) is 0 Å². The van der Waals surface area contributed by atoms with Crippen LogP contribution in [0.5, 0.6) is 0 Å². The molecule has 0 aliphatic carbocycles. The van der Waals surface area contributed by atoms with Crippen LogP contribution in [0.25, 0.3) is 0 Å². The van der Waals surface area contributed by atoms with Gasteiger partial charge < -0.3 is 15.1 Å². The summed E-state index contributed by atoms with van der Waals surface area (Å²) < 4.78 is 0. The van der Waals surface area contributed by atoms with E-state index in [1.807, 2.05) is 17.9 Å². The van der Waals surface area contributed by atoms with Crippen molar-refractivity contribution >= 4 is 41.0 Å². The molecule has 35 heavy (non-hydrogen) atoms. The molecule has 8 nitrogen and oxygen atoms in total. The third-order valence-electron chi connectivity index (χ3n) is 6.45. The number of halogens is 1. The van der Waals surface area contributed by atoms with E-state index in [1.54, 1.807) is 6.07 Å². The normalized spacial score (nSPS) is 17.4. The van der Waals surface area contributed by atoms with Crippen LogP contribution in [0.1, 0.15) is 31.7 Å². The zero-order chi connectivity index (χ0) is 24.6. The van der Waals surface area contributed by atoms with Crippen molar-refractivity contribution in [2.45, 2.75) is 43.9 Å². The first kappa shape index (κ1) is 25.7. The first-order valence-electron chi connectivity index (χ1n) is 12.3. The minimum atomic E-state index is -0.00618. The number of carbonyl (C=O) groups excluding carboxylic acids is 2. The van der Waals surface area contributed by atoms with Crippen LogP contribution in [0.4, 0.5) is 5.82 Å². The molecule has 1 aromatic carbocycles. The smallest absolute Gasteiger partial charge is 0.230 e. The van der Waals surface area contributed by atoms with E-state index in [2.05, 4.69) is 49.4 Å². The summed E-state index contributed by atoms with van der Waals surface area (Å²) in [6, 6.07) is 12.4. The van der Waals surface area contributed by atoms with Crippen LogP contribution >= 0.6 is 23.4 Å². The Labute approximate surface area is 216 Å². The van der Waals surface area contributed by atoms with Gasteiger partial charge in [0.15, 0.2) is 5.16 Å². The number of piperazine rings is 1. The number of amides is 2. The van der Waals surface area contributed by atoms with Crippen LogP contribution in [0.2, 0.25) is 5.15 Å². The fourth-order valence-corrected chi connectivity index (χ4v) is 5.39. The van der Waals surface area contributed by atoms with Crippen molar-refractivity contribution in [3.05, 3.63) is 47.1 Å². The number of nitrogens with zero attached hydrogens (tertiary/aromatic N) is 5. The van der Waals surface area contributed by atoms with E-state index in [-0.39, 0.29) is 23.6 Å². The van der Waals surface area contributed by atoms with Gasteiger partial charge in [0.2, 0.25) is 11.8 Å². The summed E-state index contributed by atoms with van der Waals surface area (Å²) in [5.41, 5.74) is 1.32. The highest BCUT2D eigenvalue weighted by molar-refractivity contribution is 7.99. The van der Waals surface area contributed by atoms with Gasteiger partial charge in [0.1, 0.15) is 11.0 Å². The number of nitrogens with one attached hydrogen (secondary N) is 1. The molecule has 0 saturated carbocycles. The number of hydrogen-bond acceptors (Lipinski definition) is 7. The number of piperidine rings is 1. The fraction of sp³-hybridized carbons (Fsp3) is 0.520. The van der Waals surface area contributed by atoms with Gasteiger partial charge in [-0.1, -0.05) is 60.6 Å². The molecule has 4 rings (SSSR count). The van der Waals surface area contributed by atoms with E-state index in [0.29, 0.717) is 42.9 Å². The molecule has 2 saturated heterocycles. The van der Waals surface area contributed by atoms with Gasteiger partial charge in [-0.15, -0.1) is 0 Å². The van der Waals surface area contributed by atoms with Crippen molar-refractivity contribution in [1.29, 1.82) is 0 Å². The third kappa shape index (κ3) is 7.56. The van der Waals surface area contributed by atoms with Crippen molar-refractivity contribution < 1.29 is 9.59 Å². The first-order chi connectivity index (χ1) is 17.0. The number of thioether (sulfide) groups is 1. The summed E-state index contributed by atoms with van der Waals surface area (Å²) in [7, 11) is 0. The Kier molecular flexibility index (Phi) is 9.23. The zero-order valence-electron chi connectivity index (χ0n) is 20.2. The summed E-state index contributed by atoms with van der Waals surface area (Å²) in [5, 5.41) is 4.01. The number of aromatic nitrogens is 2. The van der Waals surface area contributed by atoms with Crippen LogP contribution in [0, 0.1) is 0 Å². The second kappa shape index (κ2) is 12.6. The van der Waals surface area contributed by atoms with E-state index >= 15 is 0 Å². The lowest BCUT2D eigenvalue weighted by atomic mass is 10.0. The average Bonchev–Trinajstić information content (AvgIpc) is 2.88. The molecular formula is C25H33ClN6O2S. The minimum Gasteiger partial charge on any atom is -0.353 e. The van der Waals surface area contributed by atoms with E-state index < -0.39 is 0 Å². The second-order valence-corrected chi connectivity index (χ2v) is 10.3. The topological polar surface area (TPSA) is 81.7 Å². The molecule has 2 aliphatic rings. The molecule has 2 fully saturated rings. The van der Waals surface area contributed by atoms with Gasteiger partial charge in [-0.3, -0.25) is 14.5 Å². The third-order valence-corrected chi connectivity index (χ3v) is 7.49. The maximum Gasteiger partial charge on any atom is 0.230 e. The Morgan fingerprint density at radius 2 is 1.77 bits per heavy atom. The summed E-state index contributed by atoms with van der Waals surface area (Å²) in [6.07, 6.45) is 2.43. The molecular weight excluding hydrogens is 484 g/mol. The SMILES string of the molecule is CCC(=O)N1CCN(c2cc(Cl)nc(SCC(=O)NC3CCN(Cc4ccccc4)CC3)n2)CC1. The van der Waals surface area contributed by atoms with Gasteiger partial charge in [-0.05, 0) is 18.4 Å². The van der Waals surface area contributed by atoms with Crippen LogP contribution in [-0.2, 0) is 16.1 Å². The summed E-state index contributed by atoms with van der Waals surface area (Å²) in [5.74, 6) is 1.16. The monoisotopic (exact) mass is 516 g/mol. The number of hydrogen-bond donors (Lipinski definition) is 1. The van der Waals surface area contributed by atoms with Crippen LogP contribution < -0.4 is 10.2 Å². The second-order valence-electron chi connectivity index (χ2n) is 8.95. The van der Waals surface area contributed by atoms with E-state index in [9.17, 15) is 9.59 Å². The van der Waals surface area contributed by atoms with Crippen molar-refractivity contribution in [3.63, 3.8) is 0 Å². The summed E-state index contributed by atoms with van der Waals surface area (Å²) >= 11 is 7.55. The maximum atomic E-state index is 12.6. The lowest BCUT2D eigenvalue weighted by molar-refractivity contribution is -0.131. The van der Waals surface area contributed by atoms with Crippen molar-refractivity contribution in [2.24, 2.45) is 0 Å². The Balaban J connectivity index is 1.21. The van der Waals surface area contributed by atoms with Crippen molar-refractivity contribution in [3.8, 4) is 0 Å². The largest absolute Gasteiger partial charge is 0.353 e. The molecule has 1 aromatic heterocycles. The number of rotatable bonds is 8. The van der Waals surface area contributed by atoms with Gasteiger partial charge in [0.05, 0.1) is 5.75 Å². The number of carbonyl (C=O) groups is 2. The number of benzene rings is 1. The molecule has 188 valence electrons. The van der Waals surface area contributed by atoms with Crippen molar-refractivity contribution in [2.75, 3.05) is 49.9 Å². The van der Waals surface area contributed by atoms with Gasteiger partial charge in [0.25, 0.3) is 0 Å². The molecule has 0 bridgehead atoms. The molecule has 3 heterocycles. The molecule has 2 amide bonds. The predicted octanol–water partition coefficient (Wildman–Crippen LogP) is 3.06. The Morgan fingerprint density at radius 1 is 1.06 bits per heavy atom. The Morgan fingerprint density at radius 3 is 2.46 bits per heavy atom. The predicted molar refractivity (Wildman–Crippen MR) is 140 cm³/mol. The highest BCUT2D eigenvalue weighted by atomic mass is 35.5. The molecule has 0 radical (unpaired) electrons. The quantitative estimate of drug-likeness (QED) is 0.328. The molecule has 0 spiro atoms. The fourth-order valence-electron chi connectivity index (χ4n) is 4.50. The van der Waals surface area contributed by atoms with E-state index in [0.717, 1.165) is 38.3 Å². The highest BCUT2D eigenvalue weighted by Crippen LogP contribution is 2.23. The van der Waals surface area contributed by atoms with Crippen molar-refractivity contribution in [1.82, 2.24) is 25.1 Å². The lowest BCUT2D eigenvalue weighted by Crippen LogP contribution is -2.48. The molecule has 2 aliphatic heterocycles. The van der Waals surface area contributed by atoms with Crippen LogP contribution in [0.3, 0.4) is 0 Å². The molecule has 0 atom stereocenters. The molecule has 0 unspecified atom stereocenters. The average molecular weight is 517 g/mol. The van der Waals surface area contributed by atoms with E-state index in [4.69, 9.17) is 11.6 Å².